The van der Waals surface area contributed by atoms with Crippen LogP contribution in [0.2, 0.25) is 0 Å². The molecule has 1 heterocycles. The van der Waals surface area contributed by atoms with E-state index in [2.05, 4.69) is 33.8 Å². The molecule has 2 rings (SSSR count). The van der Waals surface area contributed by atoms with E-state index in [1.165, 1.54) is 57.8 Å². The fraction of sp³-hybridized carbons (Fsp3) is 0.579. The van der Waals surface area contributed by atoms with Crippen LogP contribution in [0.1, 0.15) is 70.5 Å². The Bertz CT molecular complexity index is 601. The Balaban J connectivity index is 1.72. The highest BCUT2D eigenvalue weighted by Gasteiger charge is 2.07. The maximum atomic E-state index is 5.37. The number of H-pyrrole nitrogens is 1. The first-order chi connectivity index (χ1) is 11.3. The molecule has 23 heavy (non-hydrogen) atoms. The summed E-state index contributed by atoms with van der Waals surface area (Å²) in [5.74, 6) is 1.05. The molecule has 0 aliphatic carbocycles. The maximum absolute atomic E-state index is 5.37. The topological polar surface area (TPSA) is 33.6 Å². The summed E-state index contributed by atoms with van der Waals surface area (Å²) in [6.07, 6.45) is 13.1. The third-order valence-corrected chi connectivity index (χ3v) is 4.53. The van der Waals surface area contributed by atoms with Gasteiger partial charge >= 0.3 is 0 Å². The number of nitrogens with one attached hydrogen (secondary N) is 1. The third kappa shape index (κ3) is 5.94. The van der Waals surface area contributed by atoms with E-state index in [0.717, 1.165) is 17.9 Å². The van der Waals surface area contributed by atoms with Crippen molar-refractivity contribution in [2.75, 3.05) is 0 Å². The number of hydrogen-bond acceptors (Lipinski definition) is 2. The van der Waals surface area contributed by atoms with Crippen molar-refractivity contribution < 1.29 is 0 Å². The molecular weight excluding hydrogens is 302 g/mol. The molecule has 0 amide bonds. The average molecular weight is 332 g/mol. The molecule has 0 fully saturated rings. The van der Waals surface area contributed by atoms with Crippen LogP contribution in [0, 0.1) is 4.77 Å². The Morgan fingerprint density at radius 2 is 1.52 bits per heavy atom. The van der Waals surface area contributed by atoms with Crippen LogP contribution in [0.5, 0.6) is 0 Å². The number of nitrogens with zero attached hydrogens (tertiary/aromatic N) is 2. The quantitative estimate of drug-likeness (QED) is 0.404. The summed E-state index contributed by atoms with van der Waals surface area (Å²) in [7, 11) is 0. The SMILES string of the molecule is CCCCCCCCCCCc1n[nH]c(=S)n1-c1ccccc1. The lowest BCUT2D eigenvalue weighted by Gasteiger charge is -2.06. The van der Waals surface area contributed by atoms with Crippen LogP contribution < -0.4 is 0 Å². The van der Waals surface area contributed by atoms with Crippen molar-refractivity contribution in [1.29, 1.82) is 0 Å². The van der Waals surface area contributed by atoms with Crippen molar-refractivity contribution in [2.45, 2.75) is 71.1 Å². The smallest absolute Gasteiger partial charge is 0.199 e. The molecule has 0 bridgehead atoms. The normalized spacial score (nSPS) is 11.0. The van der Waals surface area contributed by atoms with E-state index in [1.807, 2.05) is 18.2 Å². The van der Waals surface area contributed by atoms with E-state index in [-0.39, 0.29) is 0 Å². The zero-order valence-corrected chi connectivity index (χ0v) is 15.1. The molecule has 1 N–H and O–H groups in total. The molecule has 0 radical (unpaired) electrons. The van der Waals surface area contributed by atoms with Crippen molar-refractivity contribution >= 4 is 12.2 Å². The maximum Gasteiger partial charge on any atom is 0.199 e. The molecule has 1 aromatic carbocycles. The molecule has 0 saturated heterocycles. The summed E-state index contributed by atoms with van der Waals surface area (Å²) in [6.45, 7) is 2.27. The van der Waals surface area contributed by atoms with E-state index >= 15 is 0 Å². The second-order valence-electron chi connectivity index (χ2n) is 6.19. The van der Waals surface area contributed by atoms with Crippen LogP contribution >= 0.6 is 12.2 Å². The summed E-state index contributed by atoms with van der Waals surface area (Å²) in [4.78, 5) is 0. The van der Waals surface area contributed by atoms with Gasteiger partial charge in [-0.15, -0.1) is 0 Å². The van der Waals surface area contributed by atoms with Crippen molar-refractivity contribution in [3.63, 3.8) is 0 Å². The largest absolute Gasteiger partial charge is 0.272 e. The van der Waals surface area contributed by atoms with Crippen LogP contribution in [0.15, 0.2) is 30.3 Å². The van der Waals surface area contributed by atoms with Gasteiger partial charge in [0.1, 0.15) is 5.82 Å². The number of hydrogen-bond donors (Lipinski definition) is 1. The summed E-state index contributed by atoms with van der Waals surface area (Å²) in [6, 6.07) is 10.2. The minimum absolute atomic E-state index is 0.683. The number of aryl methyl sites for hydroxylation is 1. The molecule has 126 valence electrons. The fourth-order valence-corrected chi connectivity index (χ4v) is 3.19. The minimum Gasteiger partial charge on any atom is -0.272 e. The first-order valence-corrected chi connectivity index (χ1v) is 9.45. The first kappa shape index (κ1) is 17.9. The predicted molar refractivity (Wildman–Crippen MR) is 99.7 cm³/mol. The average Bonchev–Trinajstić information content (AvgIpc) is 2.95. The van der Waals surface area contributed by atoms with E-state index in [9.17, 15) is 0 Å². The van der Waals surface area contributed by atoms with Gasteiger partial charge in [-0.05, 0) is 30.8 Å². The molecule has 0 spiro atoms. The number of unbranched alkanes of at least 4 members (excludes halogenated alkanes) is 8. The Kier molecular flexibility index (Phi) is 8.08. The van der Waals surface area contributed by atoms with E-state index in [0.29, 0.717) is 4.77 Å². The van der Waals surface area contributed by atoms with Gasteiger partial charge in [0.05, 0.1) is 0 Å². The highest BCUT2D eigenvalue weighted by molar-refractivity contribution is 7.71. The molecule has 3 nitrogen and oxygen atoms in total. The molecule has 0 atom stereocenters. The summed E-state index contributed by atoms with van der Waals surface area (Å²) >= 11 is 5.37. The lowest BCUT2D eigenvalue weighted by Crippen LogP contribution is -2.01. The predicted octanol–water partition coefficient (Wildman–Crippen LogP) is 6.00. The van der Waals surface area contributed by atoms with Crippen LogP contribution in [-0.2, 0) is 6.42 Å². The standard InChI is InChI=1S/C19H29N3S/c1-2-3-4-5-6-7-8-9-13-16-18-20-21-19(23)22(18)17-14-11-10-12-15-17/h10-12,14-15H,2-9,13,16H2,1H3,(H,21,23). The number of rotatable bonds is 11. The van der Waals surface area contributed by atoms with Gasteiger partial charge in [0.2, 0.25) is 0 Å². The lowest BCUT2D eigenvalue weighted by molar-refractivity contribution is 0.561. The van der Waals surface area contributed by atoms with E-state index < -0.39 is 0 Å². The van der Waals surface area contributed by atoms with Crippen molar-refractivity contribution in [1.82, 2.24) is 14.8 Å². The monoisotopic (exact) mass is 331 g/mol. The van der Waals surface area contributed by atoms with Crippen LogP contribution in [0.25, 0.3) is 5.69 Å². The Labute approximate surface area is 145 Å². The van der Waals surface area contributed by atoms with E-state index in [1.54, 1.807) is 0 Å². The Morgan fingerprint density at radius 3 is 2.17 bits per heavy atom. The van der Waals surface area contributed by atoms with Crippen LogP contribution in [0.3, 0.4) is 0 Å². The first-order valence-electron chi connectivity index (χ1n) is 9.04. The summed E-state index contributed by atoms with van der Waals surface area (Å²) in [5, 5.41) is 7.34. The summed E-state index contributed by atoms with van der Waals surface area (Å²) in [5.41, 5.74) is 1.09. The Morgan fingerprint density at radius 1 is 0.913 bits per heavy atom. The number of benzene rings is 1. The van der Waals surface area contributed by atoms with Gasteiger partial charge in [0, 0.05) is 12.1 Å². The van der Waals surface area contributed by atoms with Crippen molar-refractivity contribution in [3.05, 3.63) is 40.9 Å². The van der Waals surface area contributed by atoms with Gasteiger partial charge in [0.15, 0.2) is 4.77 Å². The van der Waals surface area contributed by atoms with Gasteiger partial charge in [-0.1, -0.05) is 76.5 Å². The van der Waals surface area contributed by atoms with Gasteiger partial charge in [0.25, 0.3) is 0 Å². The molecule has 1 aromatic heterocycles. The third-order valence-electron chi connectivity index (χ3n) is 4.26. The minimum atomic E-state index is 0.683. The second-order valence-corrected chi connectivity index (χ2v) is 6.58. The van der Waals surface area contributed by atoms with Crippen molar-refractivity contribution in [3.8, 4) is 5.69 Å². The highest BCUT2D eigenvalue weighted by Crippen LogP contribution is 2.14. The highest BCUT2D eigenvalue weighted by atomic mass is 32.1. The molecule has 4 heteroatoms. The second kappa shape index (κ2) is 10.4. The van der Waals surface area contributed by atoms with Crippen LogP contribution in [-0.4, -0.2) is 14.8 Å². The lowest BCUT2D eigenvalue weighted by atomic mass is 10.1. The van der Waals surface area contributed by atoms with E-state index in [4.69, 9.17) is 12.2 Å². The Hall–Kier alpha value is -1.42. The zero-order valence-electron chi connectivity index (χ0n) is 14.3. The molecule has 0 unspecified atom stereocenters. The van der Waals surface area contributed by atoms with Crippen molar-refractivity contribution in [2.24, 2.45) is 0 Å². The molecule has 2 aromatic rings. The van der Waals surface area contributed by atoms with Gasteiger partial charge in [-0.25, -0.2) is 0 Å². The fourth-order valence-electron chi connectivity index (χ4n) is 2.93. The zero-order chi connectivity index (χ0) is 16.3. The van der Waals surface area contributed by atoms with Gasteiger partial charge < -0.3 is 0 Å². The summed E-state index contributed by atoms with van der Waals surface area (Å²) < 4.78 is 2.74. The molecule has 0 saturated carbocycles. The molecule has 0 aliphatic rings. The molecular formula is C19H29N3S. The molecule has 0 aliphatic heterocycles. The number of para-hydroxylation sites is 1. The van der Waals surface area contributed by atoms with Crippen LogP contribution in [0.4, 0.5) is 0 Å². The number of aromatic nitrogens is 3. The number of aromatic amines is 1. The van der Waals surface area contributed by atoms with Gasteiger partial charge in [-0.2, -0.15) is 5.10 Å². The van der Waals surface area contributed by atoms with Gasteiger partial charge in [-0.3, -0.25) is 9.67 Å².